The minimum Gasteiger partial charge on any atom is -0.405 e. The van der Waals surface area contributed by atoms with Gasteiger partial charge >= 0.3 is 0 Å². The predicted molar refractivity (Wildman–Crippen MR) is 134 cm³/mol. The molecule has 1 aliphatic heterocycles. The fourth-order valence-electron chi connectivity index (χ4n) is 3.90. The lowest BCUT2D eigenvalue weighted by atomic mass is 10.1. The average Bonchev–Trinajstić information content (AvgIpc) is 2.83. The van der Waals surface area contributed by atoms with E-state index >= 15 is 0 Å². The van der Waals surface area contributed by atoms with Gasteiger partial charge in [0.1, 0.15) is 11.7 Å². The number of rotatable bonds is 8. The molecule has 1 aliphatic rings. The first-order valence-electron chi connectivity index (χ1n) is 10.9. The smallest absolute Gasteiger partial charge is 0.261 e. The van der Waals surface area contributed by atoms with Gasteiger partial charge in [-0.15, -0.1) is 0 Å². The molecular formula is C24H30N6O3S. The van der Waals surface area contributed by atoms with Gasteiger partial charge in [0, 0.05) is 18.7 Å². The molecule has 0 saturated heterocycles. The van der Waals surface area contributed by atoms with Crippen LogP contribution in [-0.4, -0.2) is 43.4 Å². The van der Waals surface area contributed by atoms with Gasteiger partial charge in [-0.2, -0.15) is 0 Å². The molecule has 9 nitrogen and oxygen atoms in total. The maximum Gasteiger partial charge on any atom is 0.261 e. The Hall–Kier alpha value is -3.66. The standard InChI is InChI=1S/C24H30N6O3S/c1-6-19(28-34(32,33)17-11-9-8-10-12-17)18(13-14-25)22-26-15-21-23(27-22)30(16(3)4)20(7-2)24(31)29(21)5/h6,8-16,20,28H,1,7,25H2,2-5H3/b14-13-,19-18-/t20-/m1/s1. The van der Waals surface area contributed by atoms with Gasteiger partial charge < -0.3 is 15.5 Å². The van der Waals surface area contributed by atoms with E-state index in [4.69, 9.17) is 10.7 Å². The normalized spacial score (nSPS) is 17.1. The molecule has 1 aromatic carbocycles. The number of sulfonamides is 1. The van der Waals surface area contributed by atoms with Crippen LogP contribution in [0.15, 0.2) is 72.1 Å². The summed E-state index contributed by atoms with van der Waals surface area (Å²) >= 11 is 0. The van der Waals surface area contributed by atoms with Crippen LogP contribution in [-0.2, 0) is 14.8 Å². The molecule has 0 saturated carbocycles. The van der Waals surface area contributed by atoms with E-state index in [1.54, 1.807) is 36.3 Å². The maximum absolute atomic E-state index is 12.9. The van der Waals surface area contributed by atoms with Crippen molar-refractivity contribution in [3.05, 3.63) is 73.0 Å². The number of anilines is 2. The lowest BCUT2D eigenvalue weighted by molar-refractivity contribution is -0.120. The molecule has 180 valence electrons. The highest BCUT2D eigenvalue weighted by molar-refractivity contribution is 7.89. The van der Waals surface area contributed by atoms with Crippen LogP contribution >= 0.6 is 0 Å². The summed E-state index contributed by atoms with van der Waals surface area (Å²) in [6, 6.07) is 7.64. The predicted octanol–water partition coefficient (Wildman–Crippen LogP) is 2.79. The number of allylic oxidation sites excluding steroid dienone is 3. The second kappa shape index (κ2) is 10.1. The zero-order valence-corrected chi connectivity index (χ0v) is 20.6. The molecule has 2 aromatic rings. The Bertz CT molecular complexity index is 1240. The minimum absolute atomic E-state index is 0.00274. The number of benzene rings is 1. The molecule has 0 radical (unpaired) electrons. The Morgan fingerprint density at radius 1 is 1.29 bits per heavy atom. The fraction of sp³-hybridized carbons (Fsp3) is 0.292. The molecule has 1 atom stereocenters. The molecule has 0 aliphatic carbocycles. The summed E-state index contributed by atoms with van der Waals surface area (Å²) in [4.78, 5) is 25.7. The van der Waals surface area contributed by atoms with Crippen molar-refractivity contribution in [2.75, 3.05) is 16.8 Å². The molecule has 0 bridgehead atoms. The van der Waals surface area contributed by atoms with Gasteiger partial charge in [-0.3, -0.25) is 9.52 Å². The molecule has 0 spiro atoms. The van der Waals surface area contributed by atoms with E-state index in [9.17, 15) is 13.2 Å². The van der Waals surface area contributed by atoms with Gasteiger partial charge in [-0.25, -0.2) is 18.4 Å². The molecule has 3 N–H and O–H groups in total. The SMILES string of the molecule is C=C/C(NS(=O)(=O)c1ccccc1)=C(\C=C/N)c1ncc2c(n1)N(C(C)C)[C@H](CC)C(=O)N2C. The highest BCUT2D eigenvalue weighted by atomic mass is 32.2. The number of carbonyl (C=O) groups is 1. The lowest BCUT2D eigenvalue weighted by Gasteiger charge is -2.42. The second-order valence-corrected chi connectivity index (χ2v) is 9.72. The maximum atomic E-state index is 12.9. The Labute approximate surface area is 200 Å². The summed E-state index contributed by atoms with van der Waals surface area (Å²) in [5, 5.41) is 0. The van der Waals surface area contributed by atoms with Crippen molar-refractivity contribution in [2.45, 2.75) is 44.2 Å². The second-order valence-electron chi connectivity index (χ2n) is 8.03. The number of fused-ring (bicyclic) bond motifs is 1. The average molecular weight is 483 g/mol. The summed E-state index contributed by atoms with van der Waals surface area (Å²) in [5.41, 5.74) is 6.78. The van der Waals surface area contributed by atoms with Crippen LogP contribution in [0.5, 0.6) is 0 Å². The molecule has 0 fully saturated rings. The van der Waals surface area contributed by atoms with Crippen molar-refractivity contribution in [3.8, 4) is 0 Å². The Balaban J connectivity index is 2.17. The van der Waals surface area contributed by atoms with E-state index in [-0.39, 0.29) is 34.4 Å². The van der Waals surface area contributed by atoms with E-state index in [2.05, 4.69) is 16.3 Å². The van der Waals surface area contributed by atoms with Crippen molar-refractivity contribution in [3.63, 3.8) is 0 Å². The summed E-state index contributed by atoms with van der Waals surface area (Å²) < 4.78 is 28.4. The Morgan fingerprint density at radius 3 is 2.53 bits per heavy atom. The van der Waals surface area contributed by atoms with Crippen LogP contribution < -0.4 is 20.3 Å². The summed E-state index contributed by atoms with van der Waals surface area (Å²) in [6.07, 6.45) is 6.35. The number of nitrogens with zero attached hydrogens (tertiary/aromatic N) is 4. The number of amides is 1. The third-order valence-electron chi connectivity index (χ3n) is 5.55. The largest absolute Gasteiger partial charge is 0.405 e. The van der Waals surface area contributed by atoms with Crippen molar-refractivity contribution in [1.82, 2.24) is 14.7 Å². The van der Waals surface area contributed by atoms with Crippen LogP contribution in [0.3, 0.4) is 0 Å². The first-order valence-corrected chi connectivity index (χ1v) is 12.4. The van der Waals surface area contributed by atoms with Crippen LogP contribution in [0.2, 0.25) is 0 Å². The van der Waals surface area contributed by atoms with Crippen molar-refractivity contribution in [1.29, 1.82) is 0 Å². The minimum atomic E-state index is -3.89. The lowest BCUT2D eigenvalue weighted by Crippen LogP contribution is -2.55. The monoisotopic (exact) mass is 482 g/mol. The van der Waals surface area contributed by atoms with Crippen molar-refractivity contribution < 1.29 is 13.2 Å². The zero-order chi connectivity index (χ0) is 25.0. The van der Waals surface area contributed by atoms with Gasteiger partial charge in [0.05, 0.1) is 16.8 Å². The summed E-state index contributed by atoms with van der Waals surface area (Å²) in [7, 11) is -2.19. The first kappa shape index (κ1) is 25.0. The number of nitrogens with two attached hydrogens (primary N) is 1. The highest BCUT2D eigenvalue weighted by Crippen LogP contribution is 2.36. The Kier molecular flexibility index (Phi) is 7.41. The van der Waals surface area contributed by atoms with Gasteiger partial charge in [0.25, 0.3) is 10.0 Å². The van der Waals surface area contributed by atoms with Crippen LogP contribution in [0.25, 0.3) is 5.57 Å². The molecule has 3 rings (SSSR count). The van der Waals surface area contributed by atoms with E-state index in [1.807, 2.05) is 25.7 Å². The number of hydrogen-bond acceptors (Lipinski definition) is 7. The molecule has 10 heteroatoms. The Morgan fingerprint density at radius 2 is 1.97 bits per heavy atom. The van der Waals surface area contributed by atoms with E-state index in [0.717, 1.165) is 0 Å². The quantitative estimate of drug-likeness (QED) is 0.555. The van der Waals surface area contributed by atoms with Gasteiger partial charge in [-0.05, 0) is 50.8 Å². The third kappa shape index (κ3) is 4.67. The number of hydrogen-bond donors (Lipinski definition) is 2. The van der Waals surface area contributed by atoms with Crippen LogP contribution in [0, 0.1) is 0 Å². The van der Waals surface area contributed by atoms with E-state index in [1.165, 1.54) is 30.5 Å². The zero-order valence-electron chi connectivity index (χ0n) is 19.8. The number of aromatic nitrogens is 2. The third-order valence-corrected chi connectivity index (χ3v) is 6.93. The number of carbonyl (C=O) groups excluding carboxylic acids is 1. The molecule has 1 amide bonds. The van der Waals surface area contributed by atoms with Gasteiger partial charge in [0.15, 0.2) is 11.6 Å². The van der Waals surface area contributed by atoms with E-state index in [0.29, 0.717) is 23.5 Å². The fourth-order valence-corrected chi connectivity index (χ4v) is 5.01. The molecule has 0 unspecified atom stereocenters. The molecule has 2 heterocycles. The van der Waals surface area contributed by atoms with Gasteiger partial charge in [0.2, 0.25) is 5.91 Å². The van der Waals surface area contributed by atoms with Crippen LogP contribution in [0.1, 0.15) is 33.0 Å². The number of nitrogens with one attached hydrogen (secondary N) is 1. The number of likely N-dealkylation sites (N-methyl/N-ethyl adjacent to an activating group) is 1. The molecule has 34 heavy (non-hydrogen) atoms. The topological polar surface area (TPSA) is 122 Å². The highest BCUT2D eigenvalue weighted by Gasteiger charge is 2.38. The first-order chi connectivity index (χ1) is 16.2. The van der Waals surface area contributed by atoms with E-state index < -0.39 is 10.0 Å². The summed E-state index contributed by atoms with van der Waals surface area (Å²) in [6.45, 7) is 9.71. The van der Waals surface area contributed by atoms with Crippen LogP contribution in [0.4, 0.5) is 11.5 Å². The molecule has 1 aromatic heterocycles. The molecular weight excluding hydrogens is 452 g/mol. The van der Waals surface area contributed by atoms with Crippen molar-refractivity contribution in [2.24, 2.45) is 5.73 Å². The van der Waals surface area contributed by atoms with Crippen molar-refractivity contribution >= 4 is 33.0 Å². The van der Waals surface area contributed by atoms with Gasteiger partial charge in [-0.1, -0.05) is 31.7 Å². The summed E-state index contributed by atoms with van der Waals surface area (Å²) in [5.74, 6) is 0.806.